The maximum absolute atomic E-state index is 9.77. The van der Waals surface area contributed by atoms with Crippen LogP contribution in [0.25, 0.3) is 66.8 Å². The van der Waals surface area contributed by atoms with Gasteiger partial charge in [-0.25, -0.2) is 0 Å². The van der Waals surface area contributed by atoms with Gasteiger partial charge in [0.25, 0.3) is 0 Å². The van der Waals surface area contributed by atoms with Gasteiger partial charge in [-0.15, -0.1) is 0 Å². The van der Waals surface area contributed by atoms with Crippen LogP contribution in [-0.2, 0) is 0 Å². The lowest BCUT2D eigenvalue weighted by Crippen LogP contribution is -2.02. The van der Waals surface area contributed by atoms with Crippen LogP contribution >= 0.6 is 0 Å². The average Bonchev–Trinajstić information content (AvgIpc) is 3.36. The van der Waals surface area contributed by atoms with Crippen LogP contribution in [0.5, 0.6) is 0 Å². The Morgan fingerprint density at radius 3 is 0.409 bits per heavy atom. The van der Waals surface area contributed by atoms with E-state index in [0.29, 0.717) is 33.4 Å². The van der Waals surface area contributed by atoms with Crippen molar-refractivity contribution in [3.63, 3.8) is 0 Å². The van der Waals surface area contributed by atoms with Crippen LogP contribution in [-0.4, -0.2) is 46.9 Å². The highest BCUT2D eigenvalue weighted by molar-refractivity contribution is 6.15. The van der Waals surface area contributed by atoms with Crippen LogP contribution in [0, 0.1) is 68.0 Å². The van der Waals surface area contributed by atoms with Gasteiger partial charge in [-0.05, 0) is 167 Å². The van der Waals surface area contributed by atoms with Crippen molar-refractivity contribution in [2.75, 3.05) is 26.4 Å². The van der Waals surface area contributed by atoms with Crippen LogP contribution in [0.3, 0.4) is 0 Å². The van der Waals surface area contributed by atoms with Crippen molar-refractivity contribution in [3.05, 3.63) is 179 Å². The summed E-state index contributed by atoms with van der Waals surface area (Å²) in [7, 11) is 0. The molecule has 0 aliphatic carbocycles. The largest absolute Gasteiger partial charge is 0.397 e. The molecule has 7 rings (SSSR count). The van der Waals surface area contributed by atoms with E-state index >= 15 is 0 Å². The van der Waals surface area contributed by atoms with Crippen molar-refractivity contribution in [1.82, 2.24) is 0 Å². The average molecular weight is 869 g/mol. The fraction of sp³-hybridized carbons (Fsp3) is 0.143. The Labute approximate surface area is 386 Å². The quantitative estimate of drug-likeness (QED) is 0.124. The zero-order valence-electron chi connectivity index (χ0n) is 37.2. The molecule has 0 saturated heterocycles. The zero-order valence-corrected chi connectivity index (χ0v) is 37.2. The second-order valence-corrected chi connectivity index (χ2v) is 13.6. The van der Waals surface area contributed by atoms with E-state index < -0.39 is 0 Å². The molecule has 0 spiro atoms. The molecule has 10 nitrogen and oxygen atoms in total. The van der Waals surface area contributed by atoms with Gasteiger partial charge in [-0.3, -0.25) is 0 Å². The number of aliphatic hydroxyl groups excluding tert-OH is 4. The van der Waals surface area contributed by atoms with Gasteiger partial charge in [0.05, 0.1) is 69.8 Å². The first-order valence-corrected chi connectivity index (χ1v) is 20.9. The Morgan fingerprint density at radius 2 is 0.333 bits per heavy atom. The molecule has 0 aliphatic rings. The fourth-order valence-corrected chi connectivity index (χ4v) is 6.75. The molecular formula is C56H48N6O4. The van der Waals surface area contributed by atoms with E-state index in [4.69, 9.17) is 20.4 Å². The SMILES string of the molecule is CCO.CCO.CCO.CCO.N#Cc1ccc(-c2c(-c3ccc(C#N)cc3)c(-c3ccc(C#N)cc3)c(-c3ccc(C#N)cc3)c(-c3ccc(C#N)cc3)c2-c2ccc(C#N)cc2)cc1. The van der Waals surface area contributed by atoms with Gasteiger partial charge < -0.3 is 20.4 Å². The van der Waals surface area contributed by atoms with Gasteiger partial charge in [0, 0.05) is 26.4 Å². The molecule has 0 fully saturated rings. The number of hydrogen-bond donors (Lipinski definition) is 4. The van der Waals surface area contributed by atoms with E-state index in [-0.39, 0.29) is 26.4 Å². The molecular weight excluding hydrogens is 821 g/mol. The molecule has 0 radical (unpaired) electrons. The van der Waals surface area contributed by atoms with Crippen LogP contribution in [0.15, 0.2) is 146 Å². The summed E-state index contributed by atoms with van der Waals surface area (Å²) in [6.45, 7) is 7.72. The van der Waals surface area contributed by atoms with E-state index in [0.717, 1.165) is 66.8 Å². The Bertz CT molecular complexity index is 2360. The third-order valence-electron chi connectivity index (χ3n) is 9.32. The number of rotatable bonds is 6. The van der Waals surface area contributed by atoms with Gasteiger partial charge in [0.2, 0.25) is 0 Å². The van der Waals surface area contributed by atoms with Gasteiger partial charge in [-0.2, -0.15) is 31.6 Å². The molecule has 0 unspecified atom stereocenters. The molecule has 10 heteroatoms. The lowest BCUT2D eigenvalue weighted by molar-refractivity contribution is 0.318. The summed E-state index contributed by atoms with van der Waals surface area (Å²) in [5.74, 6) is 0. The van der Waals surface area contributed by atoms with Crippen LogP contribution in [0.1, 0.15) is 61.1 Å². The summed E-state index contributed by atoms with van der Waals surface area (Å²) in [5, 5.41) is 88.9. The number of hydrogen-bond acceptors (Lipinski definition) is 10. The first-order valence-electron chi connectivity index (χ1n) is 20.9. The van der Waals surface area contributed by atoms with Crippen molar-refractivity contribution in [2.24, 2.45) is 0 Å². The normalized spacial score (nSPS) is 9.36. The first-order chi connectivity index (χ1) is 32.1. The molecule has 0 heterocycles. The molecule has 7 aromatic rings. The number of nitrogens with zero attached hydrogens (tertiary/aromatic N) is 6. The maximum atomic E-state index is 9.77. The lowest BCUT2D eigenvalue weighted by atomic mass is 9.74. The zero-order chi connectivity index (χ0) is 48.4. The molecule has 0 bridgehead atoms. The summed E-state index contributed by atoms with van der Waals surface area (Å²) in [6, 6.07) is 57.7. The summed E-state index contributed by atoms with van der Waals surface area (Å²) in [4.78, 5) is 0. The number of nitriles is 6. The Hall–Kier alpha value is -8.68. The monoisotopic (exact) mass is 868 g/mol. The van der Waals surface area contributed by atoms with E-state index in [1.54, 1.807) is 100 Å². The highest BCUT2D eigenvalue weighted by Crippen LogP contribution is 2.56. The van der Waals surface area contributed by atoms with Crippen molar-refractivity contribution < 1.29 is 20.4 Å². The third kappa shape index (κ3) is 13.2. The molecule has 0 saturated carbocycles. The van der Waals surface area contributed by atoms with Crippen LogP contribution < -0.4 is 0 Å². The van der Waals surface area contributed by atoms with Gasteiger partial charge in [0.15, 0.2) is 0 Å². The molecule has 7 aromatic carbocycles. The van der Waals surface area contributed by atoms with E-state index in [1.165, 1.54) is 0 Å². The van der Waals surface area contributed by atoms with Crippen molar-refractivity contribution in [2.45, 2.75) is 27.7 Å². The second-order valence-electron chi connectivity index (χ2n) is 13.6. The fourth-order valence-electron chi connectivity index (χ4n) is 6.75. The molecule has 0 amide bonds. The summed E-state index contributed by atoms with van der Waals surface area (Å²) < 4.78 is 0. The standard InChI is InChI=1S/C48H24N6.4C2H6O/c49-25-31-1-13-37(14-2-31)43-44(38-15-3-32(26-50)4-16-38)46(40-19-7-34(28-52)8-20-40)48(42-23-11-36(30-54)12-24-42)47(41-21-9-35(29-53)10-22-41)45(43)39-17-5-33(27-51)6-18-39;4*1-2-3/h1-24H;4*3H,2H2,1H3. The van der Waals surface area contributed by atoms with Gasteiger partial charge in [0.1, 0.15) is 0 Å². The minimum absolute atomic E-state index is 0.250. The smallest absolute Gasteiger partial charge is 0.0991 e. The van der Waals surface area contributed by atoms with E-state index in [1.807, 2.05) is 72.8 Å². The van der Waals surface area contributed by atoms with Crippen LogP contribution in [0.4, 0.5) is 0 Å². The van der Waals surface area contributed by atoms with Crippen molar-refractivity contribution >= 4 is 0 Å². The molecule has 0 aromatic heterocycles. The number of benzene rings is 7. The van der Waals surface area contributed by atoms with Crippen LogP contribution in [0.2, 0.25) is 0 Å². The molecule has 66 heavy (non-hydrogen) atoms. The summed E-state index contributed by atoms with van der Waals surface area (Å²) in [5.41, 5.74) is 12.8. The van der Waals surface area contributed by atoms with Gasteiger partial charge >= 0.3 is 0 Å². The Kier molecular flexibility index (Phi) is 21.4. The predicted octanol–water partition coefficient (Wildman–Crippen LogP) is 10.9. The molecule has 0 aliphatic heterocycles. The molecule has 0 atom stereocenters. The number of aliphatic hydroxyl groups is 4. The topological polar surface area (TPSA) is 224 Å². The Morgan fingerprint density at radius 1 is 0.242 bits per heavy atom. The molecule has 326 valence electrons. The minimum Gasteiger partial charge on any atom is -0.397 e. The summed E-state index contributed by atoms with van der Waals surface area (Å²) in [6.07, 6.45) is 0. The second kappa shape index (κ2) is 27.4. The first kappa shape index (κ1) is 51.7. The molecule has 4 N–H and O–H groups in total. The maximum Gasteiger partial charge on any atom is 0.0991 e. The highest BCUT2D eigenvalue weighted by atomic mass is 16.3. The van der Waals surface area contributed by atoms with E-state index in [9.17, 15) is 31.6 Å². The predicted molar refractivity (Wildman–Crippen MR) is 258 cm³/mol. The van der Waals surface area contributed by atoms with E-state index in [2.05, 4.69) is 36.4 Å². The van der Waals surface area contributed by atoms with Crippen molar-refractivity contribution in [3.8, 4) is 103 Å². The Balaban J connectivity index is 0.000000872. The van der Waals surface area contributed by atoms with Gasteiger partial charge in [-0.1, -0.05) is 72.8 Å². The summed E-state index contributed by atoms with van der Waals surface area (Å²) >= 11 is 0. The highest BCUT2D eigenvalue weighted by Gasteiger charge is 2.29. The minimum atomic E-state index is 0.250. The lowest BCUT2D eigenvalue weighted by Gasteiger charge is -2.29. The third-order valence-corrected chi connectivity index (χ3v) is 9.32. The van der Waals surface area contributed by atoms with Crippen molar-refractivity contribution in [1.29, 1.82) is 31.6 Å².